The molecule has 1 unspecified atom stereocenters. The summed E-state index contributed by atoms with van der Waals surface area (Å²) in [5.74, 6) is -0.508. The Morgan fingerprint density at radius 3 is 2.09 bits per heavy atom. The molecule has 0 heterocycles. The second-order valence-corrected chi connectivity index (χ2v) is 5.45. The molecule has 1 rings (SSSR count). The number of esters is 2. The first-order valence-corrected chi connectivity index (χ1v) is 8.17. The van der Waals surface area contributed by atoms with Gasteiger partial charge in [0.05, 0.1) is 24.3 Å². The summed E-state index contributed by atoms with van der Waals surface area (Å²) in [5.41, 5.74) is 0.749. The minimum atomic E-state index is -0.524. The van der Waals surface area contributed by atoms with E-state index >= 15 is 0 Å². The molecule has 0 aliphatic carbocycles. The highest BCUT2D eigenvalue weighted by atomic mass is 16.5. The third kappa shape index (κ3) is 6.82. The fourth-order valence-corrected chi connectivity index (χ4v) is 2.14. The Labute approximate surface area is 137 Å². The Kier molecular flexibility index (Phi) is 8.98. The molecule has 0 spiro atoms. The minimum absolute atomic E-state index is 0.0429. The van der Waals surface area contributed by atoms with Crippen LogP contribution in [0.25, 0.3) is 0 Å². The topological polar surface area (TPSA) is 72.8 Å². The van der Waals surface area contributed by atoms with Gasteiger partial charge in [-0.05, 0) is 36.6 Å². The van der Waals surface area contributed by atoms with E-state index in [0.717, 1.165) is 25.7 Å². The van der Waals surface area contributed by atoms with Crippen LogP contribution in [0, 0.1) is 5.92 Å². The van der Waals surface area contributed by atoms with E-state index in [-0.39, 0.29) is 19.2 Å². The molecule has 1 N–H and O–H groups in total. The maximum Gasteiger partial charge on any atom is 0.338 e. The van der Waals surface area contributed by atoms with Gasteiger partial charge in [-0.3, -0.25) is 0 Å². The highest BCUT2D eigenvalue weighted by Gasteiger charge is 2.13. The van der Waals surface area contributed by atoms with Gasteiger partial charge in [0, 0.05) is 0 Å². The molecular weight excluding hydrogens is 296 g/mol. The number of hydrogen-bond donors (Lipinski definition) is 1. The van der Waals surface area contributed by atoms with Gasteiger partial charge in [-0.15, -0.1) is 0 Å². The predicted octanol–water partition coefficient (Wildman–Crippen LogP) is 3.21. The maximum absolute atomic E-state index is 12.0. The van der Waals surface area contributed by atoms with E-state index in [1.165, 1.54) is 12.1 Å². The van der Waals surface area contributed by atoms with Gasteiger partial charge in [0.15, 0.2) is 0 Å². The van der Waals surface area contributed by atoms with Crippen LogP contribution in [0.15, 0.2) is 24.3 Å². The fourth-order valence-electron chi connectivity index (χ4n) is 2.14. The standard InChI is InChI=1S/C18H26O5/c1-3-5-6-14(4-2)13-23-18(21)16-9-7-15(8-10-16)17(20)22-12-11-19/h7-10,14,19H,3-6,11-13H2,1-2H3. The molecule has 0 aliphatic heterocycles. The Balaban J connectivity index is 2.52. The first-order chi connectivity index (χ1) is 11.1. The molecule has 0 radical (unpaired) electrons. The molecule has 0 bridgehead atoms. The largest absolute Gasteiger partial charge is 0.462 e. The van der Waals surface area contributed by atoms with Gasteiger partial charge in [-0.2, -0.15) is 0 Å². The van der Waals surface area contributed by atoms with Crippen LogP contribution in [0.3, 0.4) is 0 Å². The highest BCUT2D eigenvalue weighted by Crippen LogP contribution is 2.14. The molecule has 0 aliphatic rings. The Bertz CT molecular complexity index is 481. The summed E-state index contributed by atoms with van der Waals surface area (Å²) in [6.45, 7) is 4.41. The number of unbranched alkanes of at least 4 members (excludes halogenated alkanes) is 1. The lowest BCUT2D eigenvalue weighted by atomic mass is 10.0. The fraction of sp³-hybridized carbons (Fsp3) is 0.556. The maximum atomic E-state index is 12.0. The normalized spacial score (nSPS) is 11.8. The summed E-state index contributed by atoms with van der Waals surface area (Å²) < 4.78 is 10.2. The number of benzene rings is 1. The quantitative estimate of drug-likeness (QED) is 0.670. The number of aliphatic hydroxyl groups is 1. The van der Waals surface area contributed by atoms with Crippen LogP contribution in [0.4, 0.5) is 0 Å². The average Bonchev–Trinajstić information content (AvgIpc) is 2.59. The Morgan fingerprint density at radius 2 is 1.61 bits per heavy atom. The summed E-state index contributed by atoms with van der Waals surface area (Å²) in [6, 6.07) is 6.13. The molecule has 1 atom stereocenters. The summed E-state index contributed by atoms with van der Waals surface area (Å²) in [7, 11) is 0. The van der Waals surface area contributed by atoms with Crippen molar-refractivity contribution in [3.8, 4) is 0 Å². The molecule has 0 amide bonds. The number of carbonyl (C=O) groups is 2. The van der Waals surface area contributed by atoms with E-state index < -0.39 is 5.97 Å². The minimum Gasteiger partial charge on any atom is -0.462 e. The average molecular weight is 322 g/mol. The number of rotatable bonds is 10. The van der Waals surface area contributed by atoms with Crippen molar-refractivity contribution in [2.75, 3.05) is 19.8 Å². The molecule has 5 heteroatoms. The molecule has 23 heavy (non-hydrogen) atoms. The summed E-state index contributed by atoms with van der Waals surface area (Å²) in [5, 5.41) is 8.62. The van der Waals surface area contributed by atoms with Crippen LogP contribution in [-0.2, 0) is 9.47 Å². The van der Waals surface area contributed by atoms with Crippen molar-refractivity contribution in [3.05, 3.63) is 35.4 Å². The summed E-state index contributed by atoms with van der Waals surface area (Å²) >= 11 is 0. The van der Waals surface area contributed by atoms with Gasteiger partial charge in [-0.25, -0.2) is 9.59 Å². The monoisotopic (exact) mass is 322 g/mol. The Hall–Kier alpha value is -1.88. The first kappa shape index (κ1) is 19.2. The van der Waals surface area contributed by atoms with E-state index in [4.69, 9.17) is 14.6 Å². The molecular formula is C18H26O5. The van der Waals surface area contributed by atoms with Gasteiger partial charge in [0.2, 0.25) is 0 Å². The predicted molar refractivity (Wildman–Crippen MR) is 87.4 cm³/mol. The van der Waals surface area contributed by atoms with Crippen LogP contribution in [0.2, 0.25) is 0 Å². The van der Waals surface area contributed by atoms with Crippen molar-refractivity contribution in [2.24, 2.45) is 5.92 Å². The van der Waals surface area contributed by atoms with E-state index in [9.17, 15) is 9.59 Å². The van der Waals surface area contributed by atoms with Gasteiger partial charge in [0.25, 0.3) is 0 Å². The van der Waals surface area contributed by atoms with Crippen LogP contribution in [0.5, 0.6) is 0 Å². The van der Waals surface area contributed by atoms with Gasteiger partial charge in [0.1, 0.15) is 6.61 Å². The molecule has 0 saturated heterocycles. The van der Waals surface area contributed by atoms with Crippen LogP contribution < -0.4 is 0 Å². The highest BCUT2D eigenvalue weighted by molar-refractivity contribution is 5.93. The van der Waals surface area contributed by atoms with Gasteiger partial charge >= 0.3 is 11.9 Å². The second-order valence-electron chi connectivity index (χ2n) is 5.45. The van der Waals surface area contributed by atoms with E-state index in [0.29, 0.717) is 23.7 Å². The van der Waals surface area contributed by atoms with Gasteiger partial charge in [-0.1, -0.05) is 33.1 Å². The molecule has 0 fully saturated rings. The lowest BCUT2D eigenvalue weighted by molar-refractivity contribution is 0.0418. The Morgan fingerprint density at radius 1 is 1.04 bits per heavy atom. The zero-order valence-corrected chi connectivity index (χ0v) is 13.9. The SMILES string of the molecule is CCCCC(CC)COC(=O)c1ccc(C(=O)OCCO)cc1. The van der Waals surface area contributed by atoms with Crippen LogP contribution in [0.1, 0.15) is 60.2 Å². The third-order valence-corrected chi connectivity index (χ3v) is 3.67. The smallest absolute Gasteiger partial charge is 0.338 e. The van der Waals surface area contributed by atoms with Crippen molar-refractivity contribution in [1.29, 1.82) is 0 Å². The zero-order valence-electron chi connectivity index (χ0n) is 13.9. The molecule has 1 aromatic rings. The molecule has 1 aromatic carbocycles. The number of ether oxygens (including phenoxy) is 2. The number of hydrogen-bond acceptors (Lipinski definition) is 5. The van der Waals surface area contributed by atoms with Crippen molar-refractivity contribution < 1.29 is 24.2 Å². The van der Waals surface area contributed by atoms with E-state index in [1.807, 2.05) is 0 Å². The zero-order chi connectivity index (χ0) is 17.1. The molecule has 128 valence electrons. The lowest BCUT2D eigenvalue weighted by Crippen LogP contribution is -2.14. The summed E-state index contributed by atoms with van der Waals surface area (Å²) in [6.07, 6.45) is 4.33. The van der Waals surface area contributed by atoms with E-state index in [1.54, 1.807) is 12.1 Å². The van der Waals surface area contributed by atoms with Crippen LogP contribution >= 0.6 is 0 Å². The van der Waals surface area contributed by atoms with Crippen molar-refractivity contribution in [1.82, 2.24) is 0 Å². The summed E-state index contributed by atoms with van der Waals surface area (Å²) in [4.78, 5) is 23.6. The van der Waals surface area contributed by atoms with Gasteiger partial charge < -0.3 is 14.6 Å². The van der Waals surface area contributed by atoms with E-state index in [2.05, 4.69) is 13.8 Å². The molecule has 0 aromatic heterocycles. The van der Waals surface area contributed by atoms with Crippen molar-refractivity contribution >= 4 is 11.9 Å². The molecule has 0 saturated carbocycles. The number of carbonyl (C=O) groups excluding carboxylic acids is 2. The van der Waals surface area contributed by atoms with Crippen molar-refractivity contribution in [2.45, 2.75) is 39.5 Å². The van der Waals surface area contributed by atoms with Crippen LogP contribution in [-0.4, -0.2) is 36.9 Å². The molecule has 5 nitrogen and oxygen atoms in total. The van der Waals surface area contributed by atoms with Crippen molar-refractivity contribution in [3.63, 3.8) is 0 Å². The second kappa shape index (κ2) is 10.8. The lowest BCUT2D eigenvalue weighted by Gasteiger charge is -2.14. The number of aliphatic hydroxyl groups excluding tert-OH is 1. The third-order valence-electron chi connectivity index (χ3n) is 3.67. The first-order valence-electron chi connectivity index (χ1n) is 8.17.